The van der Waals surface area contributed by atoms with Crippen molar-refractivity contribution >= 4 is 46.5 Å². The summed E-state index contributed by atoms with van der Waals surface area (Å²) in [5, 5.41) is 20.4. The minimum Gasteiger partial charge on any atom is -0.481 e. The van der Waals surface area contributed by atoms with Crippen LogP contribution in [0.3, 0.4) is 0 Å². The van der Waals surface area contributed by atoms with Crippen molar-refractivity contribution in [1.29, 1.82) is 0 Å². The number of hydrogen-bond acceptors (Lipinski definition) is 6. The number of likely N-dealkylation sites (N-methyl/N-ethyl adjacent to an activating group) is 1. The summed E-state index contributed by atoms with van der Waals surface area (Å²) >= 11 is 0. The van der Waals surface area contributed by atoms with Gasteiger partial charge in [0.1, 0.15) is 18.1 Å². The number of para-hydroxylation sites is 1. The van der Waals surface area contributed by atoms with Crippen LogP contribution in [-0.2, 0) is 30.4 Å². The molecule has 0 aliphatic carbocycles. The molecule has 2 aromatic rings. The van der Waals surface area contributed by atoms with Crippen LogP contribution >= 0.6 is 0 Å². The number of aliphatic carboxylic acids is 1. The van der Waals surface area contributed by atoms with Crippen LogP contribution in [0.25, 0.3) is 10.9 Å². The number of primary amides is 1. The van der Waals surface area contributed by atoms with Crippen LogP contribution in [0.2, 0.25) is 0 Å². The fourth-order valence-electron chi connectivity index (χ4n) is 5.18. The first-order valence-electron chi connectivity index (χ1n) is 16.3. The van der Waals surface area contributed by atoms with E-state index >= 15 is 0 Å². The second-order valence-electron chi connectivity index (χ2n) is 12.1. The number of carbonyl (C=O) groups excluding carboxylic acids is 5. The van der Waals surface area contributed by atoms with Crippen molar-refractivity contribution in [2.45, 2.75) is 109 Å². The number of rotatable bonds is 21. The maximum atomic E-state index is 13.8. The molecule has 0 saturated carbocycles. The molecule has 3 unspecified atom stereocenters. The fraction of sp³-hybridized carbons (Fsp3) is 0.576. The Labute approximate surface area is 276 Å². The van der Waals surface area contributed by atoms with Crippen molar-refractivity contribution in [1.82, 2.24) is 31.2 Å². The number of aromatic nitrogens is 1. The van der Waals surface area contributed by atoms with Crippen LogP contribution in [0.15, 0.2) is 30.5 Å². The molecule has 1 aromatic carbocycles. The number of aromatic amines is 1. The highest BCUT2D eigenvalue weighted by atomic mass is 16.4. The monoisotopic (exact) mass is 657 g/mol. The Hall–Kier alpha value is -4.62. The minimum absolute atomic E-state index is 0.0700. The van der Waals surface area contributed by atoms with Crippen LogP contribution in [0.5, 0.6) is 0 Å². The molecule has 47 heavy (non-hydrogen) atoms. The number of H-pyrrole nitrogens is 1. The third-order valence-corrected chi connectivity index (χ3v) is 7.72. The molecule has 1 heterocycles. The summed E-state index contributed by atoms with van der Waals surface area (Å²) in [5.74, 6) is -4.71. The molecule has 0 radical (unpaired) electrons. The first-order chi connectivity index (χ1) is 22.3. The van der Waals surface area contributed by atoms with E-state index in [-0.39, 0.29) is 12.5 Å². The van der Waals surface area contributed by atoms with E-state index in [9.17, 15) is 33.9 Å². The topological polar surface area (TPSA) is 216 Å². The number of urea groups is 1. The summed E-state index contributed by atoms with van der Waals surface area (Å²) in [6, 6.07) is 2.51. The van der Waals surface area contributed by atoms with Crippen molar-refractivity contribution in [2.75, 3.05) is 13.6 Å². The van der Waals surface area contributed by atoms with Gasteiger partial charge in [0.05, 0.1) is 12.8 Å². The zero-order valence-electron chi connectivity index (χ0n) is 27.9. The number of carbonyl (C=O) groups is 6. The lowest BCUT2D eigenvalue weighted by Gasteiger charge is -2.29. The summed E-state index contributed by atoms with van der Waals surface area (Å²) in [6.07, 6.45) is 8.00. The number of nitrogens with two attached hydrogens (primary N) is 1. The average molecular weight is 658 g/mol. The Morgan fingerprint density at radius 2 is 1.45 bits per heavy atom. The lowest BCUT2D eigenvalue weighted by Crippen LogP contribution is -2.59. The van der Waals surface area contributed by atoms with Crippen LogP contribution < -0.4 is 27.0 Å². The molecule has 1 aromatic heterocycles. The second kappa shape index (κ2) is 19.8. The molecule has 3 atom stereocenters. The number of nitrogens with one attached hydrogen (secondary N) is 5. The molecule has 2 rings (SSSR count). The second-order valence-corrected chi connectivity index (χ2v) is 12.1. The number of hydrogen-bond donors (Lipinski definition) is 7. The first kappa shape index (κ1) is 38.6. The Bertz CT molecular complexity index is 1360. The molecule has 14 nitrogen and oxygen atoms in total. The quantitative estimate of drug-likeness (QED) is 0.0994. The zero-order valence-corrected chi connectivity index (χ0v) is 27.9. The van der Waals surface area contributed by atoms with E-state index in [1.807, 2.05) is 24.3 Å². The molecule has 0 bridgehead atoms. The van der Waals surface area contributed by atoms with Gasteiger partial charge in [-0.15, -0.1) is 0 Å². The predicted octanol–water partition coefficient (Wildman–Crippen LogP) is 2.32. The largest absolute Gasteiger partial charge is 0.481 e. The number of nitrogens with zero attached hydrogens (tertiary/aromatic N) is 1. The molecule has 0 spiro atoms. The van der Waals surface area contributed by atoms with Crippen molar-refractivity contribution < 1.29 is 33.9 Å². The highest BCUT2D eigenvalue weighted by Gasteiger charge is 2.34. The normalized spacial score (nSPS) is 13.0. The van der Waals surface area contributed by atoms with Crippen molar-refractivity contribution in [2.24, 2.45) is 5.73 Å². The molecule has 0 aliphatic heterocycles. The van der Waals surface area contributed by atoms with Gasteiger partial charge in [-0.3, -0.25) is 24.0 Å². The van der Waals surface area contributed by atoms with Gasteiger partial charge in [-0.25, -0.2) is 4.79 Å². The third kappa shape index (κ3) is 13.3. The summed E-state index contributed by atoms with van der Waals surface area (Å²) in [6.45, 7) is 5.93. The van der Waals surface area contributed by atoms with Crippen molar-refractivity contribution in [3.8, 4) is 0 Å². The molecular formula is C33H51N7O7. The Kier molecular flexibility index (Phi) is 16.2. The number of unbranched alkanes of at least 4 members (excludes halogenated alkanes) is 6. The Morgan fingerprint density at radius 3 is 2.09 bits per heavy atom. The van der Waals surface area contributed by atoms with Gasteiger partial charge in [0, 0.05) is 43.2 Å². The van der Waals surface area contributed by atoms with E-state index < -0.39 is 66.6 Å². The van der Waals surface area contributed by atoms with Crippen LogP contribution in [0, 0.1) is 0 Å². The van der Waals surface area contributed by atoms with Gasteiger partial charge in [-0.2, -0.15) is 0 Å². The van der Waals surface area contributed by atoms with Crippen molar-refractivity contribution in [3.05, 3.63) is 36.0 Å². The van der Waals surface area contributed by atoms with Crippen LogP contribution in [-0.4, -0.2) is 88.4 Å². The SMILES string of the molecule is CCCCCCCCCNC(=O)N(C)C(Cc1c[nH]c2ccccc12)C(=O)NC(CC(N)=O)C(=O)NC(CC(=O)O)C(=O)NC(C)C. The number of fused-ring (bicyclic) bond motifs is 1. The maximum absolute atomic E-state index is 13.8. The average Bonchev–Trinajstić information content (AvgIpc) is 3.41. The molecular weight excluding hydrogens is 606 g/mol. The minimum atomic E-state index is -1.54. The summed E-state index contributed by atoms with van der Waals surface area (Å²) < 4.78 is 0. The molecule has 14 heteroatoms. The van der Waals surface area contributed by atoms with Gasteiger partial charge in [0.15, 0.2) is 0 Å². The van der Waals surface area contributed by atoms with Gasteiger partial charge in [0.25, 0.3) is 0 Å². The maximum Gasteiger partial charge on any atom is 0.317 e. The third-order valence-electron chi connectivity index (χ3n) is 7.72. The van der Waals surface area contributed by atoms with E-state index in [4.69, 9.17) is 5.73 Å². The van der Waals surface area contributed by atoms with Gasteiger partial charge in [-0.05, 0) is 31.9 Å². The zero-order chi connectivity index (χ0) is 34.9. The van der Waals surface area contributed by atoms with Crippen LogP contribution in [0.1, 0.15) is 84.1 Å². The van der Waals surface area contributed by atoms with Crippen molar-refractivity contribution in [3.63, 3.8) is 0 Å². The number of benzene rings is 1. The number of amides is 6. The summed E-state index contributed by atoms with van der Waals surface area (Å²) in [5.41, 5.74) is 6.97. The summed E-state index contributed by atoms with van der Waals surface area (Å²) in [4.78, 5) is 80.8. The summed E-state index contributed by atoms with van der Waals surface area (Å²) in [7, 11) is 1.47. The number of carboxylic acids is 1. The van der Waals surface area contributed by atoms with Crippen LogP contribution in [0.4, 0.5) is 4.79 Å². The van der Waals surface area contributed by atoms with Gasteiger partial charge in [0.2, 0.25) is 23.6 Å². The molecule has 0 saturated heterocycles. The van der Waals surface area contributed by atoms with E-state index in [2.05, 4.69) is 33.2 Å². The molecule has 0 aliphatic rings. The fourth-order valence-corrected chi connectivity index (χ4v) is 5.18. The smallest absolute Gasteiger partial charge is 0.317 e. The Morgan fingerprint density at radius 1 is 0.851 bits per heavy atom. The molecule has 260 valence electrons. The van der Waals surface area contributed by atoms with E-state index in [0.29, 0.717) is 6.54 Å². The lowest BCUT2D eigenvalue weighted by molar-refractivity contribution is -0.141. The highest BCUT2D eigenvalue weighted by Crippen LogP contribution is 2.21. The van der Waals surface area contributed by atoms with Gasteiger partial charge in [-0.1, -0.05) is 63.6 Å². The van der Waals surface area contributed by atoms with E-state index in [1.165, 1.54) is 31.2 Å². The predicted molar refractivity (Wildman–Crippen MR) is 178 cm³/mol. The molecule has 8 N–H and O–H groups in total. The van der Waals surface area contributed by atoms with Gasteiger partial charge >= 0.3 is 12.0 Å². The highest BCUT2D eigenvalue weighted by molar-refractivity contribution is 5.97. The Balaban J connectivity index is 2.25. The van der Waals surface area contributed by atoms with E-state index in [1.54, 1.807) is 20.0 Å². The lowest BCUT2D eigenvalue weighted by atomic mass is 10.0. The standard InChI is InChI=1S/C33H51N7O7/c1-5-6-7-8-9-10-13-16-35-33(47)40(4)27(17-22-20-36-24-15-12-11-14-23(22)24)32(46)39-25(18-28(34)41)31(45)38-26(19-29(42)43)30(44)37-21(2)3/h11-12,14-15,20-21,25-27,36H,5-10,13,16-19H2,1-4H3,(H2,34,41)(H,35,47)(H,37,44)(H,38,45)(H,39,46)(H,42,43). The van der Waals surface area contributed by atoms with E-state index in [0.717, 1.165) is 42.1 Å². The number of carboxylic acid groups (broad SMARTS) is 1. The molecule has 0 fully saturated rings. The first-order valence-corrected chi connectivity index (χ1v) is 16.3. The molecule has 6 amide bonds. The van der Waals surface area contributed by atoms with Gasteiger partial charge < -0.3 is 42.0 Å².